The molecule has 0 aromatic carbocycles. The maximum absolute atomic E-state index is 12.8. The lowest BCUT2D eigenvalue weighted by Gasteiger charge is -2.35. The average molecular weight is 311 g/mol. The number of imidazole rings is 1. The van der Waals surface area contributed by atoms with Crippen LogP contribution in [0.5, 0.6) is 0 Å². The molecule has 3 aliphatic heterocycles. The maximum Gasteiger partial charge on any atom is 0.254 e. The molecule has 23 heavy (non-hydrogen) atoms. The Bertz CT molecular complexity index is 657. The Morgan fingerprint density at radius 2 is 2.04 bits per heavy atom. The van der Waals surface area contributed by atoms with Crippen LogP contribution in [0.15, 0.2) is 36.9 Å². The van der Waals surface area contributed by atoms with E-state index in [-0.39, 0.29) is 5.91 Å². The molecule has 6 heteroatoms. The summed E-state index contributed by atoms with van der Waals surface area (Å²) in [5.41, 5.74) is 0.735. The van der Waals surface area contributed by atoms with Crippen LogP contribution in [0.25, 0.3) is 0 Å². The number of amides is 1. The van der Waals surface area contributed by atoms with Gasteiger partial charge in [0.1, 0.15) is 5.82 Å². The second-order valence-corrected chi connectivity index (χ2v) is 6.51. The van der Waals surface area contributed by atoms with Gasteiger partial charge in [-0.15, -0.1) is 0 Å². The first-order valence-electron chi connectivity index (χ1n) is 8.21. The van der Waals surface area contributed by atoms with Crippen molar-refractivity contribution in [2.24, 2.45) is 5.92 Å². The van der Waals surface area contributed by atoms with E-state index in [0.29, 0.717) is 12.0 Å². The fourth-order valence-corrected chi connectivity index (χ4v) is 3.79. The monoisotopic (exact) mass is 311 g/mol. The highest BCUT2D eigenvalue weighted by Gasteiger charge is 2.36. The van der Waals surface area contributed by atoms with E-state index in [1.807, 2.05) is 11.1 Å². The van der Waals surface area contributed by atoms with Gasteiger partial charge in [0.15, 0.2) is 0 Å². The number of hydrogen-bond donors (Lipinski definition) is 1. The topological polar surface area (TPSA) is 65.1 Å². The Kier molecular flexibility index (Phi) is 3.83. The SMILES string of the molecule is O=C(c1ccncc1)N1C[C@@H]2CC[C@H](C1)N(Cc1ncc[nH]1)C2. The Morgan fingerprint density at radius 1 is 1.17 bits per heavy atom. The maximum atomic E-state index is 12.8. The highest BCUT2D eigenvalue weighted by molar-refractivity contribution is 5.94. The van der Waals surface area contributed by atoms with Crippen LogP contribution in [0.4, 0.5) is 0 Å². The molecule has 120 valence electrons. The average Bonchev–Trinajstić information content (AvgIpc) is 2.93. The first-order chi connectivity index (χ1) is 11.3. The number of H-pyrrole nitrogens is 1. The standard InChI is InChI=1S/C17H21N5O/c23-17(14-3-5-18-6-4-14)22-10-13-1-2-15(11-22)21(9-13)12-16-19-7-8-20-16/h3-8,13,15H,1-2,9-12H2,(H,19,20)/t13-,15-/m1/s1. The van der Waals surface area contributed by atoms with Gasteiger partial charge in [-0.05, 0) is 30.9 Å². The first-order valence-corrected chi connectivity index (χ1v) is 8.21. The van der Waals surface area contributed by atoms with Crippen LogP contribution in [-0.2, 0) is 6.54 Å². The lowest BCUT2D eigenvalue weighted by Crippen LogP contribution is -2.44. The van der Waals surface area contributed by atoms with Crippen LogP contribution in [0, 0.1) is 5.92 Å². The van der Waals surface area contributed by atoms with Gasteiger partial charge in [0, 0.05) is 56.0 Å². The number of hydrogen-bond acceptors (Lipinski definition) is 4. The molecular formula is C17H21N5O. The molecule has 5 rings (SSSR count). The molecule has 1 amide bonds. The number of carbonyl (C=O) groups is 1. The van der Waals surface area contributed by atoms with Gasteiger partial charge >= 0.3 is 0 Å². The molecular weight excluding hydrogens is 290 g/mol. The molecule has 0 aliphatic carbocycles. The fraction of sp³-hybridized carbons (Fsp3) is 0.471. The Morgan fingerprint density at radius 3 is 2.83 bits per heavy atom. The zero-order valence-electron chi connectivity index (χ0n) is 13.1. The largest absolute Gasteiger partial charge is 0.348 e. The van der Waals surface area contributed by atoms with E-state index in [9.17, 15) is 4.79 Å². The number of rotatable bonds is 3. The molecule has 2 aromatic heterocycles. The molecule has 1 N–H and O–H groups in total. The predicted octanol–water partition coefficient (Wildman–Crippen LogP) is 1.54. The van der Waals surface area contributed by atoms with Crippen LogP contribution in [-0.4, -0.2) is 56.3 Å². The highest BCUT2D eigenvalue weighted by atomic mass is 16.2. The number of aromatic amines is 1. The van der Waals surface area contributed by atoms with Gasteiger partial charge in [0.05, 0.1) is 6.54 Å². The molecule has 2 atom stereocenters. The Hall–Kier alpha value is -2.21. The van der Waals surface area contributed by atoms with Crippen LogP contribution >= 0.6 is 0 Å². The molecule has 5 heterocycles. The number of aromatic nitrogens is 3. The molecule has 3 fully saturated rings. The third kappa shape index (κ3) is 2.99. The summed E-state index contributed by atoms with van der Waals surface area (Å²) in [6, 6.07) is 4.02. The minimum atomic E-state index is 0.129. The smallest absolute Gasteiger partial charge is 0.254 e. The predicted molar refractivity (Wildman–Crippen MR) is 85.7 cm³/mol. The Labute approximate surface area is 135 Å². The summed E-state index contributed by atoms with van der Waals surface area (Å²) in [4.78, 5) is 28.8. The second kappa shape index (κ2) is 6.12. The number of carbonyl (C=O) groups excluding carboxylic acids is 1. The number of pyridine rings is 1. The van der Waals surface area contributed by atoms with Crippen molar-refractivity contribution in [3.8, 4) is 0 Å². The molecule has 3 aliphatic rings. The third-order valence-corrected chi connectivity index (χ3v) is 4.95. The normalized spacial score (nSPS) is 24.6. The summed E-state index contributed by atoms with van der Waals surface area (Å²) in [5.74, 6) is 1.68. The van der Waals surface area contributed by atoms with Crippen LogP contribution < -0.4 is 0 Å². The molecule has 0 spiro atoms. The first kappa shape index (κ1) is 14.4. The van der Waals surface area contributed by atoms with E-state index < -0.39 is 0 Å². The highest BCUT2D eigenvalue weighted by Crippen LogP contribution is 2.29. The lowest BCUT2D eigenvalue weighted by atomic mass is 9.95. The van der Waals surface area contributed by atoms with Crippen molar-refractivity contribution in [3.63, 3.8) is 0 Å². The summed E-state index contributed by atoms with van der Waals surface area (Å²) in [6.07, 6.45) is 9.39. The van der Waals surface area contributed by atoms with E-state index in [2.05, 4.69) is 19.9 Å². The van der Waals surface area contributed by atoms with Gasteiger partial charge in [-0.1, -0.05) is 0 Å². The van der Waals surface area contributed by atoms with Gasteiger partial charge in [-0.3, -0.25) is 14.7 Å². The molecule has 2 aromatic rings. The minimum absolute atomic E-state index is 0.129. The number of nitrogens with zero attached hydrogens (tertiary/aromatic N) is 4. The minimum Gasteiger partial charge on any atom is -0.348 e. The quantitative estimate of drug-likeness (QED) is 0.934. The zero-order chi connectivity index (χ0) is 15.6. The summed E-state index contributed by atoms with van der Waals surface area (Å²) in [6.45, 7) is 3.54. The van der Waals surface area contributed by atoms with Gasteiger partial charge in [0.2, 0.25) is 0 Å². The van der Waals surface area contributed by atoms with E-state index in [0.717, 1.165) is 44.0 Å². The lowest BCUT2D eigenvalue weighted by molar-refractivity contribution is 0.0735. The number of nitrogens with one attached hydrogen (secondary N) is 1. The zero-order valence-corrected chi connectivity index (χ0v) is 13.1. The summed E-state index contributed by atoms with van der Waals surface area (Å²) in [5, 5.41) is 0. The number of fused-ring (bicyclic) bond motifs is 4. The van der Waals surface area contributed by atoms with Crippen LogP contribution in [0.1, 0.15) is 29.0 Å². The fourth-order valence-electron chi connectivity index (χ4n) is 3.79. The molecule has 0 unspecified atom stereocenters. The van der Waals surface area contributed by atoms with Crippen molar-refractivity contribution in [1.82, 2.24) is 24.8 Å². The van der Waals surface area contributed by atoms with E-state index >= 15 is 0 Å². The van der Waals surface area contributed by atoms with Crippen molar-refractivity contribution in [2.75, 3.05) is 19.6 Å². The summed E-state index contributed by atoms with van der Waals surface area (Å²) in [7, 11) is 0. The van der Waals surface area contributed by atoms with Gasteiger partial charge < -0.3 is 9.88 Å². The number of piperidine rings is 1. The van der Waals surface area contributed by atoms with Crippen molar-refractivity contribution >= 4 is 5.91 Å². The molecule has 0 radical (unpaired) electrons. The second-order valence-electron chi connectivity index (χ2n) is 6.51. The third-order valence-electron chi connectivity index (χ3n) is 4.95. The Balaban J connectivity index is 1.50. The van der Waals surface area contributed by atoms with Crippen molar-refractivity contribution in [1.29, 1.82) is 0 Å². The molecule has 6 nitrogen and oxygen atoms in total. The van der Waals surface area contributed by atoms with E-state index in [1.165, 1.54) is 6.42 Å². The van der Waals surface area contributed by atoms with E-state index in [1.54, 1.807) is 30.7 Å². The van der Waals surface area contributed by atoms with Gasteiger partial charge in [-0.25, -0.2) is 4.98 Å². The molecule has 3 saturated heterocycles. The van der Waals surface area contributed by atoms with Crippen molar-refractivity contribution in [2.45, 2.75) is 25.4 Å². The van der Waals surface area contributed by atoms with Crippen LogP contribution in [0.3, 0.4) is 0 Å². The van der Waals surface area contributed by atoms with Crippen LogP contribution in [0.2, 0.25) is 0 Å². The van der Waals surface area contributed by atoms with Crippen molar-refractivity contribution < 1.29 is 4.79 Å². The summed E-state index contributed by atoms with van der Waals surface area (Å²) >= 11 is 0. The summed E-state index contributed by atoms with van der Waals surface area (Å²) < 4.78 is 0. The van der Waals surface area contributed by atoms with E-state index in [4.69, 9.17) is 0 Å². The van der Waals surface area contributed by atoms with Gasteiger partial charge in [0.25, 0.3) is 5.91 Å². The van der Waals surface area contributed by atoms with Gasteiger partial charge in [-0.2, -0.15) is 0 Å². The molecule has 2 bridgehead atoms. The van der Waals surface area contributed by atoms with Crippen molar-refractivity contribution in [3.05, 3.63) is 48.3 Å². The molecule has 0 saturated carbocycles.